The van der Waals surface area contributed by atoms with Gasteiger partial charge in [0.15, 0.2) is 17.6 Å². The molecule has 0 unspecified atom stereocenters. The first-order chi connectivity index (χ1) is 19.4. The first kappa shape index (κ1) is 25.3. The van der Waals surface area contributed by atoms with Gasteiger partial charge in [0.2, 0.25) is 5.91 Å². The Balaban J connectivity index is 1.38. The van der Waals surface area contributed by atoms with Gasteiger partial charge in [-0.25, -0.2) is 19.1 Å². The molecule has 2 fully saturated rings. The molecule has 0 spiro atoms. The predicted molar refractivity (Wildman–Crippen MR) is 140 cm³/mol. The molecule has 4 aromatic rings. The molecule has 3 heterocycles. The van der Waals surface area contributed by atoms with Crippen LogP contribution in [-0.4, -0.2) is 40.8 Å². The molecule has 1 aromatic heterocycles. The van der Waals surface area contributed by atoms with Gasteiger partial charge in [0, 0.05) is 13.2 Å². The number of carbonyl (C=O) groups excluding carboxylic acids is 3. The highest BCUT2D eigenvalue weighted by atomic mass is 19.1. The molecule has 0 N–H and O–H groups in total. The highest BCUT2D eigenvalue weighted by Gasteiger charge is 2.60. The van der Waals surface area contributed by atoms with E-state index in [1.165, 1.54) is 48.3 Å². The summed E-state index contributed by atoms with van der Waals surface area (Å²) in [5, 5.41) is 5.53. The Hall–Kier alpha value is -5.03. The van der Waals surface area contributed by atoms with Crippen molar-refractivity contribution in [3.8, 4) is 11.5 Å². The van der Waals surface area contributed by atoms with Crippen molar-refractivity contribution >= 4 is 29.2 Å². The molecular weight excluding hydrogens is 519 g/mol. The number of rotatable bonds is 6. The van der Waals surface area contributed by atoms with Gasteiger partial charge in [-0.3, -0.25) is 19.1 Å². The number of halogens is 1. The van der Waals surface area contributed by atoms with Crippen LogP contribution in [-0.2, 0) is 21.5 Å². The Morgan fingerprint density at radius 1 is 0.925 bits per heavy atom. The van der Waals surface area contributed by atoms with Crippen LogP contribution in [0.15, 0.2) is 85.1 Å². The molecule has 6 rings (SSSR count). The van der Waals surface area contributed by atoms with E-state index in [1.807, 2.05) is 30.3 Å². The van der Waals surface area contributed by atoms with E-state index >= 15 is 0 Å². The number of aryl methyl sites for hydroxylation is 1. The minimum absolute atomic E-state index is 0.168. The van der Waals surface area contributed by atoms with Gasteiger partial charge < -0.3 is 9.47 Å². The van der Waals surface area contributed by atoms with Crippen LogP contribution in [0.25, 0.3) is 0 Å². The predicted octanol–water partition coefficient (Wildman–Crippen LogP) is 3.84. The van der Waals surface area contributed by atoms with E-state index in [2.05, 4.69) is 5.10 Å². The van der Waals surface area contributed by atoms with Gasteiger partial charge in [0.05, 0.1) is 24.5 Å². The summed E-state index contributed by atoms with van der Waals surface area (Å²) in [4.78, 5) is 47.1. The first-order valence-electron chi connectivity index (χ1n) is 12.4. The van der Waals surface area contributed by atoms with E-state index in [0.29, 0.717) is 11.3 Å². The third kappa shape index (κ3) is 4.16. The zero-order valence-corrected chi connectivity index (χ0v) is 21.4. The number of para-hydroxylation sites is 1. The van der Waals surface area contributed by atoms with Gasteiger partial charge in [0.25, 0.3) is 5.91 Å². The van der Waals surface area contributed by atoms with Gasteiger partial charge in [0.1, 0.15) is 17.4 Å². The van der Waals surface area contributed by atoms with Crippen LogP contribution in [0.5, 0.6) is 11.5 Å². The second-order valence-corrected chi connectivity index (χ2v) is 9.29. The van der Waals surface area contributed by atoms with Crippen molar-refractivity contribution in [1.29, 1.82) is 0 Å². The number of methoxy groups -OCH3 is 1. The number of benzene rings is 3. The molecule has 202 valence electrons. The van der Waals surface area contributed by atoms with Crippen molar-refractivity contribution in [2.45, 2.75) is 12.1 Å². The van der Waals surface area contributed by atoms with Crippen molar-refractivity contribution in [3.63, 3.8) is 0 Å². The molecule has 0 saturated carbocycles. The third-order valence-corrected chi connectivity index (χ3v) is 6.97. The lowest BCUT2D eigenvalue weighted by molar-refractivity contribution is -0.126. The molecule has 0 bridgehead atoms. The van der Waals surface area contributed by atoms with Gasteiger partial charge in [-0.2, -0.15) is 5.10 Å². The molecular formula is C29H23FN4O6. The van der Waals surface area contributed by atoms with Crippen LogP contribution in [0.4, 0.5) is 15.8 Å². The summed E-state index contributed by atoms with van der Waals surface area (Å²) in [7, 11) is 3.06. The highest BCUT2D eigenvalue weighted by molar-refractivity contribution is 6.23. The molecule has 2 saturated heterocycles. The lowest BCUT2D eigenvalue weighted by Crippen LogP contribution is -2.37. The fourth-order valence-electron chi connectivity index (χ4n) is 5.08. The summed E-state index contributed by atoms with van der Waals surface area (Å²) in [6.45, 7) is 0. The van der Waals surface area contributed by atoms with Crippen LogP contribution < -0.4 is 19.4 Å². The Morgan fingerprint density at radius 3 is 2.35 bits per heavy atom. The summed E-state index contributed by atoms with van der Waals surface area (Å²) in [5.74, 6) is -2.62. The topological polar surface area (TPSA) is 103 Å². The van der Waals surface area contributed by atoms with Crippen molar-refractivity contribution < 1.29 is 33.1 Å². The normalized spacial score (nSPS) is 20.1. The highest BCUT2D eigenvalue weighted by Crippen LogP contribution is 2.48. The van der Waals surface area contributed by atoms with Gasteiger partial charge in [-0.15, -0.1) is 0 Å². The fraction of sp³-hybridized carbons (Fsp3) is 0.172. The number of hydrogen-bond donors (Lipinski definition) is 0. The Labute approximate surface area is 228 Å². The molecule has 0 aliphatic carbocycles. The van der Waals surface area contributed by atoms with Gasteiger partial charge in [-0.05, 0) is 60.2 Å². The summed E-state index contributed by atoms with van der Waals surface area (Å²) < 4.78 is 26.0. The molecule has 40 heavy (non-hydrogen) atoms. The maximum atomic E-state index is 13.8. The van der Waals surface area contributed by atoms with E-state index in [1.54, 1.807) is 30.3 Å². The van der Waals surface area contributed by atoms with Crippen molar-refractivity contribution in [1.82, 2.24) is 9.78 Å². The van der Waals surface area contributed by atoms with Crippen LogP contribution in [0.3, 0.4) is 0 Å². The Kier molecular flexibility index (Phi) is 6.27. The second-order valence-electron chi connectivity index (χ2n) is 9.29. The largest absolute Gasteiger partial charge is 0.493 e. The third-order valence-electron chi connectivity index (χ3n) is 6.97. The number of imide groups is 1. The van der Waals surface area contributed by atoms with Crippen LogP contribution >= 0.6 is 0 Å². The summed E-state index contributed by atoms with van der Waals surface area (Å²) in [5.41, 5.74) is 1.75. The molecule has 2 amide bonds. The summed E-state index contributed by atoms with van der Waals surface area (Å²) in [6.07, 6.45) is 0.386. The molecule has 3 atom stereocenters. The number of hydroxylamine groups is 1. The zero-order chi connectivity index (χ0) is 28.0. The van der Waals surface area contributed by atoms with E-state index in [4.69, 9.17) is 14.3 Å². The molecule has 2 aliphatic rings. The summed E-state index contributed by atoms with van der Waals surface area (Å²) >= 11 is 0. The monoisotopic (exact) mass is 542 g/mol. The minimum Gasteiger partial charge on any atom is -0.493 e. The number of nitrogens with zero attached hydrogens (tertiary/aromatic N) is 4. The SMILES string of the molecule is COc1cc([C@H]2[C@@H]3C(=O)N(c4ccc(F)cc4)C(=O)[C@H]3ON2c2ccccc2)ccc1OC(=O)c1ccnn1C. The van der Waals surface area contributed by atoms with Crippen molar-refractivity contribution in [3.05, 3.63) is 102 Å². The van der Waals surface area contributed by atoms with E-state index in [-0.39, 0.29) is 22.9 Å². The lowest BCUT2D eigenvalue weighted by Gasteiger charge is -2.29. The average Bonchev–Trinajstić information content (AvgIpc) is 3.64. The fourth-order valence-corrected chi connectivity index (χ4v) is 5.08. The number of anilines is 2. The maximum absolute atomic E-state index is 13.8. The number of esters is 1. The van der Waals surface area contributed by atoms with E-state index < -0.39 is 41.7 Å². The number of fused-ring (bicyclic) bond motifs is 1. The molecule has 10 nitrogen and oxygen atoms in total. The average molecular weight is 543 g/mol. The number of amides is 2. The Morgan fingerprint density at radius 2 is 1.68 bits per heavy atom. The molecule has 2 aliphatic heterocycles. The van der Waals surface area contributed by atoms with Crippen LogP contribution in [0, 0.1) is 11.7 Å². The first-order valence-corrected chi connectivity index (χ1v) is 12.4. The maximum Gasteiger partial charge on any atom is 0.362 e. The van der Waals surface area contributed by atoms with E-state index in [0.717, 1.165) is 4.90 Å². The second kappa shape index (κ2) is 9.93. The van der Waals surface area contributed by atoms with Crippen molar-refractivity contribution in [2.24, 2.45) is 13.0 Å². The number of aromatic nitrogens is 2. The smallest absolute Gasteiger partial charge is 0.362 e. The quantitative estimate of drug-likeness (QED) is 0.206. The minimum atomic E-state index is -1.10. The Bertz CT molecular complexity index is 1610. The lowest BCUT2D eigenvalue weighted by atomic mass is 9.90. The number of hydrogen-bond acceptors (Lipinski definition) is 8. The standard InChI is InChI=1S/C29H23FN4O6/c1-32-21(14-15-31-32)29(37)39-22-13-8-17(16-23(22)38-2)25-24-26(40-34(25)20-6-4-3-5-7-20)28(36)33(27(24)35)19-11-9-18(30)10-12-19/h3-16,24-26H,1-2H3/t24-,25-,26-/m0/s1. The zero-order valence-electron chi connectivity index (χ0n) is 21.4. The number of ether oxygens (including phenoxy) is 2. The van der Waals surface area contributed by atoms with Gasteiger partial charge >= 0.3 is 5.97 Å². The molecule has 11 heteroatoms. The van der Waals surface area contributed by atoms with Crippen LogP contribution in [0.1, 0.15) is 22.1 Å². The van der Waals surface area contributed by atoms with Crippen LogP contribution in [0.2, 0.25) is 0 Å². The molecule has 3 aromatic carbocycles. The van der Waals surface area contributed by atoms with E-state index in [9.17, 15) is 18.8 Å². The molecule has 0 radical (unpaired) electrons. The number of carbonyl (C=O) groups is 3. The summed E-state index contributed by atoms with van der Waals surface area (Å²) in [6, 6.07) is 19.9. The van der Waals surface area contributed by atoms with Crippen molar-refractivity contribution in [2.75, 3.05) is 17.1 Å². The van der Waals surface area contributed by atoms with Gasteiger partial charge in [-0.1, -0.05) is 24.3 Å².